The average molecular weight is 532 g/mol. The number of hydrogen-bond donors (Lipinski definition) is 0. The van der Waals surface area contributed by atoms with Crippen LogP contribution in [-0.2, 0) is 0 Å². The van der Waals surface area contributed by atoms with E-state index in [9.17, 15) is 0 Å². The Morgan fingerprint density at radius 1 is 0.410 bits per heavy atom. The Labute approximate surface area is 232 Å². The Morgan fingerprint density at radius 2 is 1.03 bits per heavy atom. The number of aromatic nitrogens is 1. The van der Waals surface area contributed by atoms with Crippen LogP contribution in [0.4, 0.5) is 0 Å². The highest BCUT2D eigenvalue weighted by molar-refractivity contribution is 7.26. The van der Waals surface area contributed by atoms with E-state index in [1.54, 1.807) is 0 Å². The largest absolute Gasteiger partial charge is 0.309 e. The molecule has 6 aromatic carbocycles. The van der Waals surface area contributed by atoms with Gasteiger partial charge in [-0.1, -0.05) is 84.9 Å². The molecule has 0 aliphatic carbocycles. The zero-order valence-electron chi connectivity index (χ0n) is 20.9. The average Bonchev–Trinajstić information content (AvgIpc) is 3.66. The van der Waals surface area contributed by atoms with Crippen LogP contribution in [0.25, 0.3) is 79.0 Å². The van der Waals surface area contributed by atoms with E-state index in [-0.39, 0.29) is 0 Å². The predicted octanol–water partition coefficient (Wildman–Crippen LogP) is 11.2. The molecule has 0 amide bonds. The maximum Gasteiger partial charge on any atom is 0.0541 e. The molecular formula is C36H21NS2. The summed E-state index contributed by atoms with van der Waals surface area (Å²) in [6, 6.07) is 46.8. The van der Waals surface area contributed by atoms with Crippen molar-refractivity contribution in [2.45, 2.75) is 0 Å². The number of rotatable bonds is 2. The number of para-hydroxylation sites is 2. The molecule has 0 saturated heterocycles. The van der Waals surface area contributed by atoms with E-state index < -0.39 is 0 Å². The summed E-state index contributed by atoms with van der Waals surface area (Å²) >= 11 is 3.79. The van der Waals surface area contributed by atoms with Crippen molar-refractivity contribution in [3.8, 4) is 16.8 Å². The van der Waals surface area contributed by atoms with Gasteiger partial charge >= 0.3 is 0 Å². The summed E-state index contributed by atoms with van der Waals surface area (Å²) in [5.41, 5.74) is 6.33. The van der Waals surface area contributed by atoms with Crippen LogP contribution in [0.5, 0.6) is 0 Å². The van der Waals surface area contributed by atoms with Crippen LogP contribution in [0.3, 0.4) is 0 Å². The second kappa shape index (κ2) is 8.03. The van der Waals surface area contributed by atoms with Crippen molar-refractivity contribution in [1.29, 1.82) is 0 Å². The van der Waals surface area contributed by atoms with Gasteiger partial charge in [0, 0.05) is 62.4 Å². The number of hydrogen-bond acceptors (Lipinski definition) is 2. The molecule has 0 radical (unpaired) electrons. The second-order valence-electron chi connectivity index (χ2n) is 10.1. The van der Waals surface area contributed by atoms with Gasteiger partial charge < -0.3 is 4.57 Å². The van der Waals surface area contributed by atoms with Crippen molar-refractivity contribution in [2.75, 3.05) is 0 Å². The highest BCUT2D eigenvalue weighted by Crippen LogP contribution is 2.45. The van der Waals surface area contributed by atoms with Gasteiger partial charge in [0.05, 0.1) is 11.0 Å². The number of nitrogens with zero attached hydrogens (tertiary/aromatic N) is 1. The Morgan fingerprint density at radius 3 is 1.85 bits per heavy atom. The molecule has 0 aliphatic rings. The molecule has 182 valence electrons. The fraction of sp³-hybridized carbons (Fsp3) is 0. The van der Waals surface area contributed by atoms with Gasteiger partial charge in [0.1, 0.15) is 0 Å². The van der Waals surface area contributed by atoms with Gasteiger partial charge in [-0.05, 0) is 48.0 Å². The molecule has 0 bridgehead atoms. The van der Waals surface area contributed by atoms with Crippen LogP contribution in [0.1, 0.15) is 0 Å². The highest BCUT2D eigenvalue weighted by Gasteiger charge is 2.17. The van der Waals surface area contributed by atoms with E-state index in [4.69, 9.17) is 0 Å². The molecule has 1 nitrogen and oxygen atoms in total. The molecule has 0 unspecified atom stereocenters. The Kier molecular flexibility index (Phi) is 4.43. The predicted molar refractivity (Wildman–Crippen MR) is 172 cm³/mol. The molecule has 9 aromatic rings. The molecule has 39 heavy (non-hydrogen) atoms. The summed E-state index contributed by atoms with van der Waals surface area (Å²) in [5.74, 6) is 0. The van der Waals surface area contributed by atoms with Crippen LogP contribution >= 0.6 is 22.7 Å². The first kappa shape index (κ1) is 21.5. The van der Waals surface area contributed by atoms with Gasteiger partial charge in [-0.25, -0.2) is 0 Å². The summed E-state index contributed by atoms with van der Waals surface area (Å²) < 4.78 is 7.79. The lowest BCUT2D eigenvalue weighted by molar-refractivity contribution is 1.19. The summed E-state index contributed by atoms with van der Waals surface area (Å²) in [7, 11) is 0. The minimum Gasteiger partial charge on any atom is -0.309 e. The first-order chi connectivity index (χ1) is 19.3. The topological polar surface area (TPSA) is 4.93 Å². The minimum absolute atomic E-state index is 1.20. The van der Waals surface area contributed by atoms with Gasteiger partial charge in [0.25, 0.3) is 0 Å². The van der Waals surface area contributed by atoms with Gasteiger partial charge in [0.15, 0.2) is 0 Å². The zero-order chi connectivity index (χ0) is 25.5. The van der Waals surface area contributed by atoms with Crippen LogP contribution in [0, 0.1) is 0 Å². The standard InChI is InChI=1S/C36H21NS2/c1-4-15-30-23(9-1)24-10-2-5-16-31(24)37(30)22-19-20-33-29(21-22)35-26(12-8-18-34(35)38-33)28-14-7-13-27-25-11-3-6-17-32(25)39-36(27)28/h1-21H. The second-order valence-corrected chi connectivity index (χ2v) is 12.2. The van der Waals surface area contributed by atoms with Crippen molar-refractivity contribution >= 4 is 84.8 Å². The van der Waals surface area contributed by atoms with Crippen molar-refractivity contribution in [3.05, 3.63) is 127 Å². The number of fused-ring (bicyclic) bond motifs is 9. The third-order valence-electron chi connectivity index (χ3n) is 8.01. The molecule has 3 heteroatoms. The summed E-state index contributed by atoms with van der Waals surface area (Å²) in [6.45, 7) is 0. The zero-order valence-corrected chi connectivity index (χ0v) is 22.5. The summed E-state index contributed by atoms with van der Waals surface area (Å²) in [5, 5.41) is 7.94. The van der Waals surface area contributed by atoms with E-state index in [0.29, 0.717) is 0 Å². The maximum absolute atomic E-state index is 2.42. The van der Waals surface area contributed by atoms with Gasteiger partial charge in [-0.2, -0.15) is 0 Å². The fourth-order valence-electron chi connectivity index (χ4n) is 6.34. The van der Waals surface area contributed by atoms with E-state index in [0.717, 1.165) is 0 Å². The fourth-order valence-corrected chi connectivity index (χ4v) is 8.68. The quantitative estimate of drug-likeness (QED) is 0.209. The molecule has 3 heterocycles. The molecule has 0 atom stereocenters. The SMILES string of the molecule is c1ccc2c(c1)sc1c(-c3cccc4sc5ccc(-n6c7ccccc7c7ccccc76)cc5c34)cccc12. The van der Waals surface area contributed by atoms with Crippen molar-refractivity contribution < 1.29 is 0 Å². The van der Waals surface area contributed by atoms with Crippen LogP contribution in [0.15, 0.2) is 127 Å². The lowest BCUT2D eigenvalue weighted by Crippen LogP contribution is -1.93. The maximum atomic E-state index is 2.42. The van der Waals surface area contributed by atoms with E-state index in [2.05, 4.69) is 132 Å². The van der Waals surface area contributed by atoms with Crippen molar-refractivity contribution in [1.82, 2.24) is 4.57 Å². The molecular weight excluding hydrogens is 511 g/mol. The molecule has 9 rings (SSSR count). The van der Waals surface area contributed by atoms with Gasteiger partial charge in [-0.15, -0.1) is 22.7 Å². The molecule has 0 N–H and O–H groups in total. The monoisotopic (exact) mass is 531 g/mol. The van der Waals surface area contributed by atoms with E-state index >= 15 is 0 Å². The molecule has 0 fully saturated rings. The smallest absolute Gasteiger partial charge is 0.0541 e. The Balaban J connectivity index is 1.36. The summed E-state index contributed by atoms with van der Waals surface area (Å²) in [6.07, 6.45) is 0. The molecule has 3 aromatic heterocycles. The van der Waals surface area contributed by atoms with E-state index in [1.165, 1.54) is 79.0 Å². The van der Waals surface area contributed by atoms with Crippen LogP contribution in [0.2, 0.25) is 0 Å². The first-order valence-corrected chi connectivity index (χ1v) is 14.8. The third kappa shape index (κ3) is 3.00. The first-order valence-electron chi connectivity index (χ1n) is 13.2. The normalized spacial score (nSPS) is 12.1. The molecule has 0 saturated carbocycles. The molecule has 0 aliphatic heterocycles. The Hall–Kier alpha value is -4.44. The number of thiophene rings is 2. The van der Waals surface area contributed by atoms with Gasteiger partial charge in [-0.3, -0.25) is 0 Å². The van der Waals surface area contributed by atoms with Crippen LogP contribution < -0.4 is 0 Å². The lowest BCUT2D eigenvalue weighted by atomic mass is 9.98. The van der Waals surface area contributed by atoms with Gasteiger partial charge in [0.2, 0.25) is 0 Å². The molecule has 0 spiro atoms. The Bertz CT molecular complexity index is 2350. The number of benzene rings is 6. The van der Waals surface area contributed by atoms with Crippen LogP contribution in [-0.4, -0.2) is 4.57 Å². The summed E-state index contributed by atoms with van der Waals surface area (Å²) in [4.78, 5) is 0. The van der Waals surface area contributed by atoms with Crippen molar-refractivity contribution in [2.24, 2.45) is 0 Å². The third-order valence-corrected chi connectivity index (χ3v) is 10.4. The van der Waals surface area contributed by atoms with E-state index in [1.807, 2.05) is 22.7 Å². The lowest BCUT2D eigenvalue weighted by Gasteiger charge is -2.10. The highest BCUT2D eigenvalue weighted by atomic mass is 32.1. The minimum atomic E-state index is 1.20. The van der Waals surface area contributed by atoms with Crippen molar-refractivity contribution in [3.63, 3.8) is 0 Å².